The largest absolute Gasteiger partial charge is 0.493 e. The zero-order valence-electron chi connectivity index (χ0n) is 14.8. The first kappa shape index (κ1) is 16.9. The van der Waals surface area contributed by atoms with Crippen LogP contribution in [0.4, 0.5) is 5.69 Å². The molecule has 0 saturated carbocycles. The summed E-state index contributed by atoms with van der Waals surface area (Å²) in [5.41, 5.74) is 3.43. The molecular formula is C20H21NO4. The molecule has 0 radical (unpaired) electrons. The Hall–Kier alpha value is -2.95. The minimum absolute atomic E-state index is 0.111. The van der Waals surface area contributed by atoms with Crippen molar-refractivity contribution in [3.63, 3.8) is 0 Å². The van der Waals surface area contributed by atoms with E-state index >= 15 is 0 Å². The van der Waals surface area contributed by atoms with Crippen LogP contribution < -0.4 is 19.1 Å². The molecule has 0 N–H and O–H groups in total. The third kappa shape index (κ3) is 2.71. The summed E-state index contributed by atoms with van der Waals surface area (Å²) in [6.07, 6.45) is 0. The first-order valence-corrected chi connectivity index (χ1v) is 7.90. The molecule has 0 aromatic heterocycles. The maximum absolute atomic E-state index is 12.5. The summed E-state index contributed by atoms with van der Waals surface area (Å²) in [6.45, 7) is 5.97. The van der Waals surface area contributed by atoms with Crippen LogP contribution in [0.15, 0.2) is 48.6 Å². The van der Waals surface area contributed by atoms with E-state index in [1.165, 1.54) is 5.56 Å². The number of hydrogen-bond acceptors (Lipinski definition) is 4. The van der Waals surface area contributed by atoms with E-state index in [9.17, 15) is 4.79 Å². The van der Waals surface area contributed by atoms with E-state index in [1.807, 2.05) is 31.2 Å². The van der Waals surface area contributed by atoms with Gasteiger partial charge in [-0.05, 0) is 12.5 Å². The van der Waals surface area contributed by atoms with Crippen LogP contribution in [-0.4, -0.2) is 27.2 Å². The highest BCUT2D eigenvalue weighted by molar-refractivity contribution is 6.15. The second-order valence-corrected chi connectivity index (χ2v) is 5.90. The Morgan fingerprint density at radius 1 is 0.960 bits per heavy atom. The van der Waals surface area contributed by atoms with Crippen LogP contribution in [0, 0.1) is 6.92 Å². The van der Waals surface area contributed by atoms with Crippen LogP contribution >= 0.6 is 0 Å². The first-order valence-electron chi connectivity index (χ1n) is 7.90. The lowest BCUT2D eigenvalue weighted by Gasteiger charge is -2.42. The lowest BCUT2D eigenvalue weighted by molar-refractivity contribution is -0.118. The van der Waals surface area contributed by atoms with Crippen molar-refractivity contribution in [1.29, 1.82) is 0 Å². The molecule has 0 spiro atoms. The molecule has 1 saturated heterocycles. The van der Waals surface area contributed by atoms with E-state index in [0.717, 1.165) is 5.56 Å². The number of ether oxygens (including phenoxy) is 3. The number of benzene rings is 2. The van der Waals surface area contributed by atoms with E-state index in [4.69, 9.17) is 14.2 Å². The maximum Gasteiger partial charge on any atom is 0.256 e. The van der Waals surface area contributed by atoms with Crippen LogP contribution in [0.25, 0.3) is 0 Å². The Kier molecular flexibility index (Phi) is 4.40. The number of hydrogen-bond donors (Lipinski definition) is 0. The van der Waals surface area contributed by atoms with Gasteiger partial charge in [0.25, 0.3) is 5.91 Å². The Labute approximate surface area is 147 Å². The summed E-state index contributed by atoms with van der Waals surface area (Å²) in [6, 6.07) is 11.4. The van der Waals surface area contributed by atoms with Crippen molar-refractivity contribution in [2.24, 2.45) is 0 Å². The number of methoxy groups -OCH3 is 3. The third-order valence-corrected chi connectivity index (χ3v) is 4.40. The number of anilines is 1. The molecule has 1 amide bonds. The van der Waals surface area contributed by atoms with Crippen molar-refractivity contribution in [1.82, 2.24) is 0 Å². The van der Waals surface area contributed by atoms with Crippen molar-refractivity contribution < 1.29 is 19.0 Å². The lowest BCUT2D eigenvalue weighted by atomic mass is 9.88. The van der Waals surface area contributed by atoms with Gasteiger partial charge in [0.05, 0.1) is 33.1 Å². The number of carbonyl (C=O) groups is 1. The molecule has 0 unspecified atom stereocenters. The fraction of sp³-hybridized carbons (Fsp3) is 0.250. The van der Waals surface area contributed by atoms with Crippen molar-refractivity contribution in [3.05, 3.63) is 59.7 Å². The van der Waals surface area contributed by atoms with E-state index in [1.54, 1.807) is 38.4 Å². The van der Waals surface area contributed by atoms with Crippen LogP contribution in [0.1, 0.15) is 17.2 Å². The van der Waals surface area contributed by atoms with Crippen LogP contribution in [0.2, 0.25) is 0 Å². The summed E-state index contributed by atoms with van der Waals surface area (Å²) in [5.74, 6) is 1.39. The topological polar surface area (TPSA) is 48.0 Å². The zero-order valence-corrected chi connectivity index (χ0v) is 14.8. The highest BCUT2D eigenvalue weighted by Crippen LogP contribution is 2.47. The van der Waals surface area contributed by atoms with E-state index in [0.29, 0.717) is 28.5 Å². The molecule has 25 heavy (non-hydrogen) atoms. The van der Waals surface area contributed by atoms with Gasteiger partial charge in [0.1, 0.15) is 0 Å². The minimum Gasteiger partial charge on any atom is -0.493 e. The molecule has 1 heterocycles. The molecule has 0 bridgehead atoms. The monoisotopic (exact) mass is 339 g/mol. The Balaban J connectivity index is 2.06. The molecule has 2 aromatic carbocycles. The first-order chi connectivity index (χ1) is 12.0. The minimum atomic E-state index is -0.198. The van der Waals surface area contributed by atoms with E-state index in [-0.39, 0.29) is 11.9 Å². The summed E-state index contributed by atoms with van der Waals surface area (Å²) in [4.78, 5) is 14.2. The molecule has 130 valence electrons. The molecule has 1 aliphatic heterocycles. The molecule has 1 aliphatic rings. The van der Waals surface area contributed by atoms with Gasteiger partial charge in [0, 0.05) is 17.7 Å². The van der Waals surface area contributed by atoms with Crippen molar-refractivity contribution in [2.45, 2.75) is 13.0 Å². The fourth-order valence-electron chi connectivity index (χ4n) is 3.05. The molecule has 5 heteroatoms. The Morgan fingerprint density at radius 2 is 1.52 bits per heavy atom. The van der Waals surface area contributed by atoms with Gasteiger partial charge in [-0.1, -0.05) is 36.4 Å². The predicted octanol–water partition coefficient (Wildman–Crippen LogP) is 3.66. The van der Waals surface area contributed by atoms with Crippen molar-refractivity contribution in [2.75, 3.05) is 26.2 Å². The molecule has 1 atom stereocenters. The van der Waals surface area contributed by atoms with Gasteiger partial charge in [-0.3, -0.25) is 9.69 Å². The average molecular weight is 339 g/mol. The van der Waals surface area contributed by atoms with Crippen LogP contribution in [0.5, 0.6) is 17.2 Å². The number of rotatable bonds is 5. The van der Waals surface area contributed by atoms with Gasteiger partial charge in [-0.25, -0.2) is 0 Å². The molecule has 1 fully saturated rings. The molecule has 3 rings (SSSR count). The van der Waals surface area contributed by atoms with Crippen LogP contribution in [-0.2, 0) is 4.79 Å². The number of aryl methyl sites for hydroxylation is 1. The predicted molar refractivity (Wildman–Crippen MR) is 96.6 cm³/mol. The second kappa shape index (κ2) is 6.51. The third-order valence-electron chi connectivity index (χ3n) is 4.40. The average Bonchev–Trinajstić information content (AvgIpc) is 2.64. The zero-order chi connectivity index (χ0) is 18.1. The summed E-state index contributed by atoms with van der Waals surface area (Å²) in [7, 11) is 4.65. The number of nitrogens with zero attached hydrogens (tertiary/aromatic N) is 1. The van der Waals surface area contributed by atoms with Gasteiger partial charge >= 0.3 is 0 Å². The smallest absolute Gasteiger partial charge is 0.256 e. The Bertz CT molecular complexity index is 801. The van der Waals surface area contributed by atoms with E-state index < -0.39 is 0 Å². The van der Waals surface area contributed by atoms with E-state index in [2.05, 4.69) is 6.58 Å². The number of β-lactam (4-membered cyclic amide) rings is 1. The normalized spacial score (nSPS) is 16.5. The van der Waals surface area contributed by atoms with Crippen LogP contribution in [0.3, 0.4) is 0 Å². The lowest BCUT2D eigenvalue weighted by Crippen LogP contribution is -2.48. The van der Waals surface area contributed by atoms with Gasteiger partial charge in [-0.2, -0.15) is 0 Å². The number of carbonyl (C=O) groups excluding carboxylic acids is 1. The molecule has 0 aliphatic carbocycles. The van der Waals surface area contributed by atoms with Crippen molar-refractivity contribution in [3.8, 4) is 17.2 Å². The summed E-state index contributed by atoms with van der Waals surface area (Å²) >= 11 is 0. The highest BCUT2D eigenvalue weighted by Gasteiger charge is 2.43. The Morgan fingerprint density at radius 3 is 2.00 bits per heavy atom. The second-order valence-electron chi connectivity index (χ2n) is 5.90. The SMILES string of the molecule is C=C1C(=O)N(c2cc(OC)c(OC)c(OC)c2)[C@H]1c1ccc(C)cc1. The standard InChI is InChI=1S/C20H21NO4/c1-12-6-8-14(9-7-12)18-13(2)20(22)21(18)15-10-16(23-3)19(25-5)17(11-15)24-4/h6-11,18H,2H2,1,3-5H3/t18-/m1/s1. The fourth-order valence-corrected chi connectivity index (χ4v) is 3.05. The van der Waals surface area contributed by atoms with Gasteiger partial charge in [0.2, 0.25) is 5.75 Å². The summed E-state index contributed by atoms with van der Waals surface area (Å²) in [5, 5.41) is 0. The molecule has 2 aromatic rings. The molecule has 5 nitrogen and oxygen atoms in total. The summed E-state index contributed by atoms with van der Waals surface area (Å²) < 4.78 is 16.1. The quantitative estimate of drug-likeness (QED) is 0.616. The van der Waals surface area contributed by atoms with Gasteiger partial charge in [0.15, 0.2) is 11.5 Å². The number of amides is 1. The van der Waals surface area contributed by atoms with Crippen molar-refractivity contribution >= 4 is 11.6 Å². The molecular weight excluding hydrogens is 318 g/mol. The highest BCUT2D eigenvalue weighted by atomic mass is 16.5. The maximum atomic E-state index is 12.5. The van der Waals surface area contributed by atoms with Gasteiger partial charge < -0.3 is 14.2 Å². The van der Waals surface area contributed by atoms with Gasteiger partial charge in [-0.15, -0.1) is 0 Å².